The van der Waals surface area contributed by atoms with Crippen LogP contribution in [-0.4, -0.2) is 14.4 Å². The van der Waals surface area contributed by atoms with Gasteiger partial charge < -0.3 is 16.8 Å². The van der Waals surface area contributed by atoms with Crippen LogP contribution in [0.5, 0.6) is 0 Å². The van der Waals surface area contributed by atoms with Gasteiger partial charge in [0.2, 0.25) is 5.95 Å². The first-order valence-corrected chi connectivity index (χ1v) is 10.00. The van der Waals surface area contributed by atoms with Crippen LogP contribution in [0.15, 0.2) is 53.5 Å². The van der Waals surface area contributed by atoms with Crippen molar-refractivity contribution in [3.05, 3.63) is 87.6 Å². The Kier molecular flexibility index (Phi) is 5.62. The molecular weight excluding hydrogens is 428 g/mol. The maximum atomic E-state index is 14.0. The van der Waals surface area contributed by atoms with Gasteiger partial charge >= 0.3 is 0 Å². The molecule has 10 heteroatoms. The maximum Gasteiger partial charge on any atom is 0.268 e. The van der Waals surface area contributed by atoms with Gasteiger partial charge in [0.05, 0.1) is 18.2 Å². The molecule has 0 bridgehead atoms. The fraction of sp³-hybridized carbons (Fsp3) is 0.130. The number of benzene rings is 1. The Morgan fingerprint density at radius 1 is 1.15 bits per heavy atom. The van der Waals surface area contributed by atoms with Crippen LogP contribution in [0.25, 0.3) is 21.5 Å². The van der Waals surface area contributed by atoms with E-state index in [4.69, 9.17) is 18.0 Å². The number of rotatable bonds is 5. The van der Waals surface area contributed by atoms with E-state index in [1.54, 1.807) is 12.1 Å². The third kappa shape index (κ3) is 4.04. The van der Waals surface area contributed by atoms with Crippen LogP contribution in [0.4, 0.5) is 32.1 Å². The molecule has 0 fully saturated rings. The minimum Gasteiger partial charge on any atom is -0.392 e. The zero-order valence-electron chi connectivity index (χ0n) is 17.5. The van der Waals surface area contributed by atoms with Gasteiger partial charge in [0, 0.05) is 11.7 Å². The smallest absolute Gasteiger partial charge is 0.268 e. The Morgan fingerprint density at radius 2 is 1.94 bits per heavy atom. The largest absolute Gasteiger partial charge is 0.392 e. The van der Waals surface area contributed by atoms with E-state index in [1.165, 1.54) is 34.7 Å². The van der Waals surface area contributed by atoms with Gasteiger partial charge in [-0.05, 0) is 47.9 Å². The molecule has 166 valence electrons. The zero-order chi connectivity index (χ0) is 23.7. The summed E-state index contributed by atoms with van der Waals surface area (Å²) in [6, 6.07) is 9.51. The lowest BCUT2D eigenvalue weighted by Crippen LogP contribution is -2.22. The summed E-state index contributed by atoms with van der Waals surface area (Å²) in [5, 5.41) is 3.13. The molecular formula is C23H19F2N7O. The van der Waals surface area contributed by atoms with Gasteiger partial charge in [-0.1, -0.05) is 19.1 Å². The minimum atomic E-state index is -0.582. The number of fused-ring (bicyclic) bond motifs is 1. The SMILES string of the molecule is [C-]#[N+]c1c(N)nc(N)nc1N[C@@H](CC)c1cc2ccc(F)cn2c(=O)c1-c1cccc(F)c1. The number of aromatic nitrogens is 3. The van der Waals surface area contributed by atoms with Crippen LogP contribution in [0.3, 0.4) is 0 Å². The quantitative estimate of drug-likeness (QED) is 0.393. The third-order valence-corrected chi connectivity index (χ3v) is 5.22. The molecule has 0 saturated heterocycles. The molecule has 4 rings (SSSR count). The number of nitrogen functional groups attached to an aromatic ring is 2. The van der Waals surface area contributed by atoms with Crippen molar-refractivity contribution in [1.82, 2.24) is 14.4 Å². The molecule has 3 aromatic heterocycles. The first kappa shape index (κ1) is 21.7. The molecule has 33 heavy (non-hydrogen) atoms. The lowest BCUT2D eigenvalue weighted by Gasteiger charge is -2.23. The summed E-state index contributed by atoms with van der Waals surface area (Å²) in [5.74, 6) is -1.17. The van der Waals surface area contributed by atoms with Gasteiger partial charge in [0.15, 0.2) is 0 Å². The summed E-state index contributed by atoms with van der Waals surface area (Å²) >= 11 is 0. The highest BCUT2D eigenvalue weighted by molar-refractivity contribution is 5.79. The van der Waals surface area contributed by atoms with Gasteiger partial charge in [-0.2, -0.15) is 0 Å². The highest BCUT2D eigenvalue weighted by Crippen LogP contribution is 2.35. The number of halogens is 2. The van der Waals surface area contributed by atoms with E-state index in [1.807, 2.05) is 6.92 Å². The van der Waals surface area contributed by atoms with Crippen molar-refractivity contribution < 1.29 is 8.78 Å². The predicted molar refractivity (Wildman–Crippen MR) is 123 cm³/mol. The summed E-state index contributed by atoms with van der Waals surface area (Å²) < 4.78 is 29.1. The van der Waals surface area contributed by atoms with Gasteiger partial charge in [0.25, 0.3) is 11.2 Å². The lowest BCUT2D eigenvalue weighted by molar-refractivity contribution is 0.617. The molecule has 3 heterocycles. The van der Waals surface area contributed by atoms with Crippen LogP contribution in [-0.2, 0) is 0 Å². The zero-order valence-corrected chi connectivity index (χ0v) is 17.5. The van der Waals surface area contributed by atoms with Crippen LogP contribution in [0, 0.1) is 18.2 Å². The van der Waals surface area contributed by atoms with Gasteiger partial charge in [0.1, 0.15) is 23.3 Å². The number of hydrogen-bond acceptors (Lipinski definition) is 6. The van der Waals surface area contributed by atoms with Crippen LogP contribution < -0.4 is 22.3 Å². The molecule has 0 radical (unpaired) electrons. The summed E-state index contributed by atoms with van der Waals surface area (Å²) in [6.07, 6.45) is 1.54. The maximum absolute atomic E-state index is 14.0. The van der Waals surface area contributed by atoms with E-state index in [2.05, 4.69) is 20.1 Å². The monoisotopic (exact) mass is 447 g/mol. The average Bonchev–Trinajstić information content (AvgIpc) is 2.77. The number of pyridine rings is 2. The van der Waals surface area contributed by atoms with Crippen LogP contribution in [0.1, 0.15) is 24.9 Å². The number of nitrogens with two attached hydrogens (primary N) is 2. The first-order chi connectivity index (χ1) is 15.8. The number of anilines is 3. The summed E-state index contributed by atoms with van der Waals surface area (Å²) in [4.78, 5) is 24.7. The highest BCUT2D eigenvalue weighted by Gasteiger charge is 2.23. The van der Waals surface area contributed by atoms with Crippen molar-refractivity contribution in [2.75, 3.05) is 16.8 Å². The van der Waals surface area contributed by atoms with Crippen molar-refractivity contribution in [2.24, 2.45) is 0 Å². The molecule has 0 aliphatic rings. The second-order valence-electron chi connectivity index (χ2n) is 7.31. The Bertz CT molecular complexity index is 1480. The minimum absolute atomic E-state index is 0.00506. The second kappa shape index (κ2) is 8.55. The van der Waals surface area contributed by atoms with E-state index >= 15 is 0 Å². The Morgan fingerprint density at radius 3 is 2.64 bits per heavy atom. The van der Waals surface area contributed by atoms with E-state index in [0.717, 1.165) is 6.20 Å². The molecule has 1 aromatic carbocycles. The molecule has 5 N–H and O–H groups in total. The molecule has 0 spiro atoms. The van der Waals surface area contributed by atoms with Crippen molar-refractivity contribution in [3.63, 3.8) is 0 Å². The molecule has 0 unspecified atom stereocenters. The summed E-state index contributed by atoms with van der Waals surface area (Å²) in [5.41, 5.74) is 12.5. The lowest BCUT2D eigenvalue weighted by atomic mass is 9.94. The number of nitrogens with one attached hydrogen (secondary N) is 1. The number of nitrogens with zero attached hydrogens (tertiary/aromatic N) is 4. The second-order valence-corrected chi connectivity index (χ2v) is 7.31. The van der Waals surface area contributed by atoms with E-state index in [0.29, 0.717) is 23.1 Å². The van der Waals surface area contributed by atoms with E-state index in [-0.39, 0.29) is 28.8 Å². The first-order valence-electron chi connectivity index (χ1n) is 10.00. The van der Waals surface area contributed by atoms with Crippen molar-refractivity contribution in [2.45, 2.75) is 19.4 Å². The molecule has 0 amide bonds. The average molecular weight is 447 g/mol. The third-order valence-electron chi connectivity index (χ3n) is 5.22. The molecule has 8 nitrogen and oxygen atoms in total. The van der Waals surface area contributed by atoms with Gasteiger partial charge in [-0.25, -0.2) is 23.6 Å². The number of hydrogen-bond donors (Lipinski definition) is 3. The van der Waals surface area contributed by atoms with Crippen molar-refractivity contribution >= 4 is 28.8 Å². The fourth-order valence-electron chi connectivity index (χ4n) is 3.73. The van der Waals surface area contributed by atoms with Crippen LogP contribution in [0.2, 0.25) is 0 Å². The Hall–Kier alpha value is -4.52. The van der Waals surface area contributed by atoms with Crippen molar-refractivity contribution in [3.8, 4) is 11.1 Å². The normalized spacial score (nSPS) is 11.8. The molecule has 1 atom stereocenters. The highest BCUT2D eigenvalue weighted by atomic mass is 19.1. The molecule has 0 saturated carbocycles. The summed E-state index contributed by atoms with van der Waals surface area (Å²) in [7, 11) is 0. The van der Waals surface area contributed by atoms with Crippen LogP contribution >= 0.6 is 0 Å². The summed E-state index contributed by atoms with van der Waals surface area (Å²) in [6.45, 7) is 9.28. The van der Waals surface area contributed by atoms with E-state index in [9.17, 15) is 13.6 Å². The molecule has 0 aliphatic carbocycles. The van der Waals surface area contributed by atoms with Gasteiger partial charge in [-0.3, -0.25) is 9.20 Å². The van der Waals surface area contributed by atoms with E-state index < -0.39 is 23.2 Å². The molecule has 4 aromatic rings. The fourth-order valence-corrected chi connectivity index (χ4v) is 3.73. The van der Waals surface area contributed by atoms with Crippen molar-refractivity contribution in [1.29, 1.82) is 0 Å². The topological polar surface area (TPSA) is 116 Å². The molecule has 0 aliphatic heterocycles. The predicted octanol–water partition coefficient (Wildman–Crippen LogP) is 4.31. The standard InChI is InChI=1S/C23H19F2N7O/c1-3-17(29-21-19(28-2)20(26)30-23(27)31-21)16-10-15-8-7-14(25)11-32(15)22(33)18(16)12-5-4-6-13(24)9-12/h4-11,17H,3H2,1H3,(H5,26,27,29,30,31)/t17-/m0/s1. The Labute approximate surface area is 187 Å². The van der Waals surface area contributed by atoms with Gasteiger partial charge in [-0.15, -0.1) is 0 Å². The Balaban J connectivity index is 1.97.